The summed E-state index contributed by atoms with van der Waals surface area (Å²) in [5.41, 5.74) is -0.273. The molecule has 0 aliphatic rings. The van der Waals surface area contributed by atoms with Gasteiger partial charge >= 0.3 is 5.97 Å². The van der Waals surface area contributed by atoms with Crippen molar-refractivity contribution < 1.29 is 9.53 Å². The molecule has 0 amide bonds. The molecule has 0 aromatic heterocycles. The Morgan fingerprint density at radius 3 is 1.92 bits per heavy atom. The maximum Gasteiger partial charge on any atom is 0.330 e. The smallest absolute Gasteiger partial charge is 0.330 e. The van der Waals surface area contributed by atoms with Crippen LogP contribution in [-0.2, 0) is 9.53 Å². The van der Waals surface area contributed by atoms with E-state index in [1.165, 1.54) is 6.08 Å². The second-order valence-corrected chi connectivity index (χ2v) is 2.87. The fraction of sp³-hybridized carbons (Fsp3) is 0.700. The molecule has 0 aliphatic carbocycles. The second kappa shape index (κ2) is 6.66. The molecular formula is C10H21NO2. The summed E-state index contributed by atoms with van der Waals surface area (Å²) in [6.45, 7) is 9.47. The van der Waals surface area contributed by atoms with Gasteiger partial charge in [-0.25, -0.2) is 4.79 Å². The van der Waals surface area contributed by atoms with Gasteiger partial charge in [0.2, 0.25) is 0 Å². The van der Waals surface area contributed by atoms with E-state index in [2.05, 4.69) is 6.58 Å². The second-order valence-electron chi connectivity index (χ2n) is 2.87. The molecule has 0 heterocycles. The minimum Gasteiger partial charge on any atom is -0.456 e. The molecular weight excluding hydrogens is 166 g/mol. The van der Waals surface area contributed by atoms with Gasteiger partial charge in [0.05, 0.1) is 0 Å². The largest absolute Gasteiger partial charge is 0.456 e. The number of hydrogen-bond acceptors (Lipinski definition) is 3. The number of carbonyl (C=O) groups is 1. The fourth-order valence-electron chi connectivity index (χ4n) is 1.22. The molecule has 0 saturated heterocycles. The van der Waals surface area contributed by atoms with Gasteiger partial charge in [-0.05, 0) is 19.3 Å². The standard InChI is InChI=1S/C10H18O2.H3N/c1-5-9(11)12-10(6-2,7-3)8-4;/h5H,1,6-8H2,2-4H3;1H3. The number of rotatable bonds is 5. The van der Waals surface area contributed by atoms with Gasteiger partial charge < -0.3 is 10.9 Å². The third-order valence-corrected chi connectivity index (χ3v) is 2.42. The van der Waals surface area contributed by atoms with E-state index in [0.29, 0.717) is 0 Å². The summed E-state index contributed by atoms with van der Waals surface area (Å²) >= 11 is 0. The first-order chi connectivity index (χ1) is 5.64. The minimum absolute atomic E-state index is 0. The van der Waals surface area contributed by atoms with E-state index in [9.17, 15) is 4.79 Å². The molecule has 0 spiro atoms. The predicted molar refractivity (Wildman–Crippen MR) is 54.9 cm³/mol. The lowest BCUT2D eigenvalue weighted by Crippen LogP contribution is -2.32. The Kier molecular flexibility index (Phi) is 7.52. The number of esters is 1. The van der Waals surface area contributed by atoms with Crippen molar-refractivity contribution in [1.29, 1.82) is 0 Å². The zero-order valence-electron chi connectivity index (χ0n) is 8.93. The molecule has 13 heavy (non-hydrogen) atoms. The van der Waals surface area contributed by atoms with Crippen LogP contribution in [0.4, 0.5) is 0 Å². The number of hydrogen-bond donors (Lipinski definition) is 1. The molecule has 0 rings (SSSR count). The highest BCUT2D eigenvalue weighted by atomic mass is 16.6. The van der Waals surface area contributed by atoms with E-state index in [4.69, 9.17) is 4.74 Å². The van der Waals surface area contributed by atoms with Gasteiger partial charge in [0.25, 0.3) is 0 Å². The van der Waals surface area contributed by atoms with Gasteiger partial charge in [-0.2, -0.15) is 0 Å². The predicted octanol–water partition coefficient (Wildman–Crippen LogP) is 2.85. The third-order valence-electron chi connectivity index (χ3n) is 2.42. The highest BCUT2D eigenvalue weighted by molar-refractivity contribution is 5.81. The van der Waals surface area contributed by atoms with Gasteiger partial charge in [-0.1, -0.05) is 27.4 Å². The highest BCUT2D eigenvalue weighted by Gasteiger charge is 2.27. The van der Waals surface area contributed by atoms with Crippen LogP contribution in [0.3, 0.4) is 0 Å². The van der Waals surface area contributed by atoms with Crippen LogP contribution < -0.4 is 6.15 Å². The first-order valence-electron chi connectivity index (χ1n) is 4.49. The van der Waals surface area contributed by atoms with E-state index in [1.54, 1.807) is 0 Å². The van der Waals surface area contributed by atoms with Crippen LogP contribution in [0.5, 0.6) is 0 Å². The molecule has 0 bridgehead atoms. The Balaban J connectivity index is 0. The van der Waals surface area contributed by atoms with Crippen LogP contribution in [0.15, 0.2) is 12.7 Å². The van der Waals surface area contributed by atoms with E-state index in [0.717, 1.165) is 19.3 Å². The lowest BCUT2D eigenvalue weighted by molar-refractivity contribution is -0.154. The van der Waals surface area contributed by atoms with Gasteiger partial charge in [0.1, 0.15) is 5.60 Å². The Bertz CT molecular complexity index is 154. The molecule has 0 aromatic carbocycles. The van der Waals surface area contributed by atoms with Gasteiger partial charge in [-0.3, -0.25) is 0 Å². The Hall–Kier alpha value is -0.830. The molecule has 0 saturated carbocycles. The normalized spacial score (nSPS) is 10.1. The van der Waals surface area contributed by atoms with Crippen molar-refractivity contribution in [3.8, 4) is 0 Å². The first-order valence-corrected chi connectivity index (χ1v) is 4.49. The highest BCUT2D eigenvalue weighted by Crippen LogP contribution is 2.24. The monoisotopic (exact) mass is 187 g/mol. The molecule has 0 radical (unpaired) electrons. The van der Waals surface area contributed by atoms with Crippen LogP contribution in [0.25, 0.3) is 0 Å². The van der Waals surface area contributed by atoms with E-state index in [1.807, 2.05) is 20.8 Å². The maximum atomic E-state index is 11.0. The average Bonchev–Trinajstić information content (AvgIpc) is 2.14. The zero-order valence-corrected chi connectivity index (χ0v) is 8.93. The van der Waals surface area contributed by atoms with Crippen LogP contribution in [0, 0.1) is 0 Å². The molecule has 0 aromatic rings. The summed E-state index contributed by atoms with van der Waals surface area (Å²) in [5, 5.41) is 0. The summed E-state index contributed by atoms with van der Waals surface area (Å²) in [7, 11) is 0. The molecule has 0 unspecified atom stereocenters. The topological polar surface area (TPSA) is 61.3 Å². The van der Waals surface area contributed by atoms with Crippen molar-refractivity contribution in [1.82, 2.24) is 6.15 Å². The maximum absolute atomic E-state index is 11.0. The molecule has 3 N–H and O–H groups in total. The van der Waals surface area contributed by atoms with Crippen molar-refractivity contribution in [3.05, 3.63) is 12.7 Å². The van der Waals surface area contributed by atoms with E-state index < -0.39 is 0 Å². The van der Waals surface area contributed by atoms with Crippen LogP contribution in [-0.4, -0.2) is 11.6 Å². The summed E-state index contributed by atoms with van der Waals surface area (Å²) in [4.78, 5) is 11.0. The zero-order chi connectivity index (χ0) is 9.61. The Morgan fingerprint density at radius 2 is 1.69 bits per heavy atom. The molecule has 3 heteroatoms. The van der Waals surface area contributed by atoms with Crippen LogP contribution >= 0.6 is 0 Å². The molecule has 0 atom stereocenters. The lowest BCUT2D eigenvalue weighted by Gasteiger charge is -2.29. The van der Waals surface area contributed by atoms with Crippen LogP contribution in [0.1, 0.15) is 40.0 Å². The molecule has 0 aliphatic heterocycles. The third kappa shape index (κ3) is 4.08. The Morgan fingerprint density at radius 1 is 1.31 bits per heavy atom. The number of carbonyl (C=O) groups excluding carboxylic acids is 1. The molecule has 78 valence electrons. The van der Waals surface area contributed by atoms with Crippen molar-refractivity contribution in [3.63, 3.8) is 0 Å². The van der Waals surface area contributed by atoms with Gasteiger partial charge in [-0.15, -0.1) is 0 Å². The Labute approximate surface area is 80.7 Å². The minimum atomic E-state index is -0.319. The van der Waals surface area contributed by atoms with E-state index >= 15 is 0 Å². The van der Waals surface area contributed by atoms with Crippen molar-refractivity contribution in [2.45, 2.75) is 45.6 Å². The van der Waals surface area contributed by atoms with Gasteiger partial charge in [0.15, 0.2) is 0 Å². The fourth-order valence-corrected chi connectivity index (χ4v) is 1.22. The summed E-state index contributed by atoms with van der Waals surface area (Å²) in [6.07, 6.45) is 3.80. The molecule has 0 fully saturated rings. The summed E-state index contributed by atoms with van der Waals surface area (Å²) in [6, 6.07) is 0. The van der Waals surface area contributed by atoms with Crippen molar-refractivity contribution >= 4 is 5.97 Å². The van der Waals surface area contributed by atoms with Crippen LogP contribution in [0.2, 0.25) is 0 Å². The summed E-state index contributed by atoms with van der Waals surface area (Å²) in [5.74, 6) is -0.319. The summed E-state index contributed by atoms with van der Waals surface area (Å²) < 4.78 is 5.28. The number of ether oxygens (including phenoxy) is 1. The molecule has 3 nitrogen and oxygen atoms in total. The van der Waals surface area contributed by atoms with Crippen molar-refractivity contribution in [2.75, 3.05) is 0 Å². The van der Waals surface area contributed by atoms with Crippen molar-refractivity contribution in [2.24, 2.45) is 0 Å². The lowest BCUT2D eigenvalue weighted by atomic mass is 9.94. The SMILES string of the molecule is C=CC(=O)OC(CC)(CC)CC.N. The average molecular weight is 187 g/mol. The first kappa shape index (κ1) is 14.7. The van der Waals surface area contributed by atoms with Gasteiger partial charge in [0, 0.05) is 6.08 Å². The quantitative estimate of drug-likeness (QED) is 0.531. The van der Waals surface area contributed by atoms with E-state index in [-0.39, 0.29) is 17.7 Å².